The van der Waals surface area contributed by atoms with Gasteiger partial charge in [-0.05, 0) is 66.5 Å². The summed E-state index contributed by atoms with van der Waals surface area (Å²) in [7, 11) is 0. The zero-order valence-corrected chi connectivity index (χ0v) is 20.0. The molecule has 1 saturated heterocycles. The van der Waals surface area contributed by atoms with E-state index in [-0.39, 0.29) is 24.3 Å². The van der Waals surface area contributed by atoms with Crippen molar-refractivity contribution in [3.8, 4) is 0 Å². The van der Waals surface area contributed by atoms with Crippen LogP contribution >= 0.6 is 15.9 Å². The van der Waals surface area contributed by atoms with Gasteiger partial charge in [-0.2, -0.15) is 0 Å². The maximum atomic E-state index is 13.2. The molecule has 2 atom stereocenters. The van der Waals surface area contributed by atoms with E-state index in [2.05, 4.69) is 15.9 Å². The molecular weight excluding hydrogens is 448 g/mol. The lowest BCUT2D eigenvalue weighted by Crippen LogP contribution is -2.45. The Bertz CT molecular complexity index is 1030. The summed E-state index contributed by atoms with van der Waals surface area (Å²) in [5, 5.41) is 0.984. The predicted octanol–water partition coefficient (Wildman–Crippen LogP) is 6.18. The Balaban J connectivity index is 1.84. The van der Waals surface area contributed by atoms with Crippen molar-refractivity contribution in [2.75, 3.05) is 0 Å². The number of halogens is 1. The summed E-state index contributed by atoms with van der Waals surface area (Å²) < 4.78 is 14.0. The molecule has 0 spiro atoms. The smallest absolute Gasteiger partial charge is 0.419 e. The summed E-state index contributed by atoms with van der Waals surface area (Å²) in [6.07, 6.45) is 1.70. The van der Waals surface area contributed by atoms with Crippen molar-refractivity contribution < 1.29 is 19.1 Å². The van der Waals surface area contributed by atoms with Crippen molar-refractivity contribution in [2.24, 2.45) is 0 Å². The molecule has 2 unspecified atom stereocenters. The second-order valence-electron chi connectivity index (χ2n) is 10.2. The van der Waals surface area contributed by atoms with Gasteiger partial charge in [0.15, 0.2) is 0 Å². The topological polar surface area (TPSA) is 60.8 Å². The van der Waals surface area contributed by atoms with E-state index in [0.717, 1.165) is 39.5 Å². The Labute approximate surface area is 185 Å². The highest BCUT2D eigenvalue weighted by molar-refractivity contribution is 9.10. The van der Waals surface area contributed by atoms with Crippen molar-refractivity contribution in [1.29, 1.82) is 0 Å². The molecule has 30 heavy (non-hydrogen) atoms. The van der Waals surface area contributed by atoms with Gasteiger partial charge >= 0.3 is 12.2 Å². The average molecular weight is 477 g/mol. The van der Waals surface area contributed by atoms with Gasteiger partial charge in [0, 0.05) is 33.6 Å². The van der Waals surface area contributed by atoms with E-state index in [1.54, 1.807) is 4.57 Å². The molecule has 1 fully saturated rings. The Kier molecular flexibility index (Phi) is 4.96. The van der Waals surface area contributed by atoms with Gasteiger partial charge in [-0.15, -0.1) is 0 Å². The summed E-state index contributed by atoms with van der Waals surface area (Å²) in [6, 6.07) is 5.86. The van der Waals surface area contributed by atoms with Crippen LogP contribution in [0.15, 0.2) is 22.7 Å². The van der Waals surface area contributed by atoms with Gasteiger partial charge in [0.25, 0.3) is 0 Å². The van der Waals surface area contributed by atoms with Crippen molar-refractivity contribution >= 4 is 39.0 Å². The van der Waals surface area contributed by atoms with Crippen LogP contribution in [0.1, 0.15) is 71.7 Å². The van der Waals surface area contributed by atoms with Crippen LogP contribution in [-0.4, -0.2) is 38.9 Å². The number of carbonyl (C=O) groups excluding carboxylic acids is 2. The lowest BCUT2D eigenvalue weighted by atomic mass is 9.97. The summed E-state index contributed by atoms with van der Waals surface area (Å²) in [5.41, 5.74) is 1.66. The minimum absolute atomic E-state index is 0.0197. The molecule has 7 heteroatoms. The first kappa shape index (κ1) is 21.2. The van der Waals surface area contributed by atoms with Crippen LogP contribution < -0.4 is 0 Å². The van der Waals surface area contributed by atoms with E-state index >= 15 is 0 Å². The normalized spacial score (nSPS) is 21.0. The molecule has 1 aromatic heterocycles. The maximum absolute atomic E-state index is 13.2. The van der Waals surface area contributed by atoms with Crippen molar-refractivity contribution in [1.82, 2.24) is 9.47 Å². The average Bonchev–Trinajstić information content (AvgIpc) is 3.05. The molecule has 2 aliphatic heterocycles. The molecule has 0 radical (unpaired) electrons. The van der Waals surface area contributed by atoms with E-state index in [1.165, 1.54) is 0 Å². The fourth-order valence-corrected chi connectivity index (χ4v) is 4.96. The fourth-order valence-electron chi connectivity index (χ4n) is 4.61. The molecule has 1 amide bonds. The van der Waals surface area contributed by atoms with Crippen molar-refractivity contribution in [3.63, 3.8) is 0 Å². The highest BCUT2D eigenvalue weighted by Crippen LogP contribution is 2.48. The van der Waals surface area contributed by atoms with Gasteiger partial charge < -0.3 is 9.47 Å². The number of rotatable bonds is 0. The number of hydrogen-bond donors (Lipinski definition) is 0. The summed E-state index contributed by atoms with van der Waals surface area (Å²) in [6.45, 7) is 11.3. The van der Waals surface area contributed by atoms with Crippen LogP contribution in [0.2, 0.25) is 0 Å². The minimum Gasteiger partial charge on any atom is -0.444 e. The quantitative estimate of drug-likeness (QED) is 0.455. The van der Waals surface area contributed by atoms with Crippen molar-refractivity contribution in [3.05, 3.63) is 33.9 Å². The lowest BCUT2D eigenvalue weighted by molar-refractivity contribution is 0.0124. The monoisotopic (exact) mass is 476 g/mol. The Morgan fingerprint density at radius 1 is 1.00 bits per heavy atom. The van der Waals surface area contributed by atoms with E-state index in [9.17, 15) is 9.59 Å². The number of ether oxygens (including phenoxy) is 2. The van der Waals surface area contributed by atoms with Gasteiger partial charge in [0.2, 0.25) is 0 Å². The maximum Gasteiger partial charge on any atom is 0.419 e. The minimum atomic E-state index is -0.594. The summed E-state index contributed by atoms with van der Waals surface area (Å²) in [5.74, 6) is 0. The first-order valence-corrected chi connectivity index (χ1v) is 11.2. The van der Waals surface area contributed by atoms with Gasteiger partial charge in [-0.3, -0.25) is 4.90 Å². The Morgan fingerprint density at radius 3 is 2.27 bits per heavy atom. The third-order valence-corrected chi connectivity index (χ3v) is 6.01. The summed E-state index contributed by atoms with van der Waals surface area (Å²) >= 11 is 3.53. The van der Waals surface area contributed by atoms with Crippen LogP contribution in [0.5, 0.6) is 0 Å². The number of fused-ring (bicyclic) bond motifs is 6. The number of nitrogens with zero attached hydrogens (tertiary/aromatic N) is 2. The molecule has 3 heterocycles. The lowest BCUT2D eigenvalue weighted by Gasteiger charge is -2.36. The SMILES string of the molecule is CC(C)(C)OC(=O)N1C2CCC1c1c(n(C(=O)OC(C)(C)C)c3cc(Br)ccc13)C2. The van der Waals surface area contributed by atoms with Gasteiger partial charge in [0.05, 0.1) is 11.6 Å². The Morgan fingerprint density at radius 2 is 1.63 bits per heavy atom. The third-order valence-electron chi connectivity index (χ3n) is 5.52. The highest BCUT2D eigenvalue weighted by atomic mass is 79.9. The summed E-state index contributed by atoms with van der Waals surface area (Å²) in [4.78, 5) is 28.1. The largest absolute Gasteiger partial charge is 0.444 e. The second kappa shape index (κ2) is 7.01. The highest BCUT2D eigenvalue weighted by Gasteiger charge is 2.47. The molecule has 2 aromatic rings. The number of amides is 1. The van der Waals surface area contributed by atoms with E-state index < -0.39 is 11.2 Å². The van der Waals surface area contributed by atoms with Crippen LogP contribution in [0.25, 0.3) is 10.9 Å². The van der Waals surface area contributed by atoms with Gasteiger partial charge in [-0.1, -0.05) is 22.0 Å². The molecule has 0 aliphatic carbocycles. The van der Waals surface area contributed by atoms with Gasteiger partial charge in [0.1, 0.15) is 11.2 Å². The molecule has 0 saturated carbocycles. The molecule has 2 bridgehead atoms. The first-order valence-electron chi connectivity index (χ1n) is 10.4. The van der Waals surface area contributed by atoms with E-state index in [1.807, 2.05) is 64.6 Å². The zero-order valence-electron chi connectivity index (χ0n) is 18.4. The fraction of sp³-hybridized carbons (Fsp3) is 0.565. The van der Waals surface area contributed by atoms with Crippen LogP contribution in [0, 0.1) is 0 Å². The second-order valence-corrected chi connectivity index (χ2v) is 11.1. The van der Waals surface area contributed by atoms with Crippen LogP contribution in [0.3, 0.4) is 0 Å². The van der Waals surface area contributed by atoms with Crippen LogP contribution in [-0.2, 0) is 15.9 Å². The van der Waals surface area contributed by atoms with Crippen molar-refractivity contribution in [2.45, 2.75) is 84.1 Å². The van der Waals surface area contributed by atoms with Crippen LogP contribution in [0.4, 0.5) is 9.59 Å². The molecule has 162 valence electrons. The molecule has 2 aliphatic rings. The molecular formula is C23H29BrN2O4. The van der Waals surface area contributed by atoms with E-state index in [0.29, 0.717) is 6.42 Å². The molecule has 1 aromatic carbocycles. The molecule has 4 rings (SSSR count). The zero-order chi connectivity index (χ0) is 22.0. The number of hydrogen-bond acceptors (Lipinski definition) is 4. The predicted molar refractivity (Wildman–Crippen MR) is 119 cm³/mol. The molecule has 0 N–H and O–H groups in total. The van der Waals surface area contributed by atoms with E-state index in [4.69, 9.17) is 9.47 Å². The standard InChI is InChI=1S/C23H29BrN2O4/c1-22(2,3)29-20(27)25-14-8-10-16(25)19-15-9-7-13(24)11-17(15)26(18(19)12-14)21(28)30-23(4,5)6/h7,9,11,14,16H,8,10,12H2,1-6H3. The van der Waals surface area contributed by atoms with Gasteiger partial charge in [-0.25, -0.2) is 14.2 Å². The Hall–Kier alpha value is -2.02. The number of carbonyl (C=O) groups is 2. The first-order chi connectivity index (χ1) is 13.9. The number of benzene rings is 1. The molecule has 6 nitrogen and oxygen atoms in total. The third kappa shape index (κ3) is 3.72. The number of aromatic nitrogens is 1.